The van der Waals surface area contributed by atoms with E-state index >= 15 is 0 Å². The van der Waals surface area contributed by atoms with Gasteiger partial charge in [-0.1, -0.05) is 54.6 Å². The lowest BCUT2D eigenvalue weighted by molar-refractivity contribution is 0.0984. The zero-order chi connectivity index (χ0) is 21.3. The van der Waals surface area contributed by atoms with Gasteiger partial charge in [0.05, 0.1) is 12.6 Å². The van der Waals surface area contributed by atoms with Gasteiger partial charge < -0.3 is 21.5 Å². The minimum atomic E-state index is -0.647. The van der Waals surface area contributed by atoms with Gasteiger partial charge in [-0.2, -0.15) is 0 Å². The molecule has 0 saturated carbocycles. The van der Waals surface area contributed by atoms with Gasteiger partial charge in [-0.15, -0.1) is 0 Å². The van der Waals surface area contributed by atoms with Crippen molar-refractivity contribution in [2.45, 2.75) is 6.10 Å². The van der Waals surface area contributed by atoms with E-state index < -0.39 is 6.10 Å². The van der Waals surface area contributed by atoms with Gasteiger partial charge in [-0.25, -0.2) is 0 Å². The number of carbonyl (C=O) groups excluding carboxylic acids is 1. The molecule has 0 saturated heterocycles. The summed E-state index contributed by atoms with van der Waals surface area (Å²) in [7, 11) is 0. The molecule has 0 aliphatic carbocycles. The lowest BCUT2D eigenvalue weighted by atomic mass is 10.0. The Morgan fingerprint density at radius 1 is 0.867 bits per heavy atom. The quantitative estimate of drug-likeness (QED) is 0.203. The molecule has 0 amide bonds. The van der Waals surface area contributed by atoms with Crippen LogP contribution < -0.4 is 16.4 Å². The molecule has 6 nitrogen and oxygen atoms in total. The van der Waals surface area contributed by atoms with Crippen molar-refractivity contribution in [2.75, 3.05) is 25.0 Å². The van der Waals surface area contributed by atoms with Crippen LogP contribution in [0.25, 0.3) is 11.1 Å². The number of nitrogens with one attached hydrogen (secondary N) is 3. The van der Waals surface area contributed by atoms with Crippen molar-refractivity contribution in [1.82, 2.24) is 5.32 Å². The van der Waals surface area contributed by atoms with Gasteiger partial charge in [0.15, 0.2) is 5.78 Å². The van der Waals surface area contributed by atoms with E-state index in [-0.39, 0.29) is 18.2 Å². The first-order valence-electron chi connectivity index (χ1n) is 9.79. The highest BCUT2D eigenvalue weighted by Gasteiger charge is 2.09. The Labute approximate surface area is 176 Å². The third-order valence-electron chi connectivity index (χ3n) is 4.72. The van der Waals surface area contributed by atoms with Gasteiger partial charge >= 0.3 is 0 Å². The molecule has 1 unspecified atom stereocenters. The zero-order valence-electron chi connectivity index (χ0n) is 16.6. The monoisotopic (exact) mass is 402 g/mol. The lowest BCUT2D eigenvalue weighted by Gasteiger charge is -2.14. The molecule has 154 valence electrons. The van der Waals surface area contributed by atoms with Gasteiger partial charge in [0, 0.05) is 29.9 Å². The number of Topliss-reactive ketones (excluding diaryl/α,β-unsaturated/α-hetero) is 1. The summed E-state index contributed by atoms with van der Waals surface area (Å²) in [5, 5.41) is 23.6. The Kier molecular flexibility index (Phi) is 7.32. The van der Waals surface area contributed by atoms with E-state index in [9.17, 15) is 9.90 Å². The van der Waals surface area contributed by atoms with Crippen molar-refractivity contribution in [3.63, 3.8) is 0 Å². The average molecular weight is 402 g/mol. The van der Waals surface area contributed by atoms with E-state index in [1.54, 1.807) is 24.3 Å². The maximum atomic E-state index is 12.4. The van der Waals surface area contributed by atoms with E-state index in [0.717, 1.165) is 16.8 Å². The van der Waals surface area contributed by atoms with E-state index in [0.29, 0.717) is 24.2 Å². The number of nitrogens with two attached hydrogens (primary N) is 1. The first-order chi connectivity index (χ1) is 14.5. The first-order valence-corrected chi connectivity index (χ1v) is 9.79. The van der Waals surface area contributed by atoms with Crippen LogP contribution in [-0.4, -0.2) is 42.5 Å². The van der Waals surface area contributed by atoms with Crippen LogP contribution in [0.1, 0.15) is 15.9 Å². The van der Waals surface area contributed by atoms with Gasteiger partial charge in [0.2, 0.25) is 0 Å². The molecule has 0 heterocycles. The number of nitrogen functional groups attached to an aromatic ring is 1. The number of aliphatic hydroxyl groups is 1. The SMILES string of the molecule is N=C(N)c1ccc(NCC(O)CNCC(=O)c2ccc(-c3ccccc3)cc2)cc1. The Morgan fingerprint density at radius 3 is 2.10 bits per heavy atom. The standard InChI is InChI=1S/C24H26N4O2/c25-24(26)20-10-12-21(13-11-20)28-15-22(29)14-27-16-23(30)19-8-6-18(7-9-19)17-4-2-1-3-5-17/h1-13,22,27-29H,14-16H2,(H3,25,26). The number of hydrogen-bond donors (Lipinski definition) is 5. The summed E-state index contributed by atoms with van der Waals surface area (Å²) in [4.78, 5) is 12.4. The third kappa shape index (κ3) is 6.01. The largest absolute Gasteiger partial charge is 0.390 e. The first kappa shape index (κ1) is 21.2. The molecule has 0 aliphatic rings. The second kappa shape index (κ2) is 10.3. The molecule has 3 aromatic carbocycles. The summed E-state index contributed by atoms with van der Waals surface area (Å²) in [5.41, 5.74) is 9.73. The molecule has 6 heteroatoms. The van der Waals surface area contributed by atoms with Crippen LogP contribution in [0.2, 0.25) is 0 Å². The molecule has 3 aromatic rings. The van der Waals surface area contributed by atoms with Crippen LogP contribution in [0.3, 0.4) is 0 Å². The van der Waals surface area contributed by atoms with Gasteiger partial charge in [-0.05, 0) is 35.4 Å². The molecule has 3 rings (SSSR count). The molecular formula is C24H26N4O2. The Balaban J connectivity index is 1.41. The highest BCUT2D eigenvalue weighted by Crippen LogP contribution is 2.19. The number of carbonyl (C=O) groups is 1. The van der Waals surface area contributed by atoms with E-state index in [2.05, 4.69) is 10.6 Å². The van der Waals surface area contributed by atoms with E-state index in [1.165, 1.54) is 0 Å². The van der Waals surface area contributed by atoms with Crippen LogP contribution in [0.4, 0.5) is 5.69 Å². The van der Waals surface area contributed by atoms with Crippen LogP contribution in [0.5, 0.6) is 0 Å². The average Bonchev–Trinajstić information content (AvgIpc) is 2.78. The van der Waals surface area contributed by atoms with Crippen LogP contribution >= 0.6 is 0 Å². The lowest BCUT2D eigenvalue weighted by Crippen LogP contribution is -2.35. The van der Waals surface area contributed by atoms with Crippen LogP contribution in [0.15, 0.2) is 78.9 Å². The predicted molar refractivity (Wildman–Crippen MR) is 121 cm³/mol. The topological polar surface area (TPSA) is 111 Å². The second-order valence-electron chi connectivity index (χ2n) is 7.02. The highest BCUT2D eigenvalue weighted by atomic mass is 16.3. The number of anilines is 1. The number of rotatable bonds is 10. The molecule has 0 radical (unpaired) electrons. The Morgan fingerprint density at radius 2 is 1.47 bits per heavy atom. The van der Waals surface area contributed by atoms with Gasteiger partial charge in [0.25, 0.3) is 0 Å². The van der Waals surface area contributed by atoms with Crippen molar-refractivity contribution in [3.8, 4) is 11.1 Å². The number of hydrogen-bond acceptors (Lipinski definition) is 5. The molecule has 0 bridgehead atoms. The predicted octanol–water partition coefficient (Wildman–Crippen LogP) is 2.88. The molecule has 0 aliphatic heterocycles. The summed E-state index contributed by atoms with van der Waals surface area (Å²) in [6, 6.07) is 24.7. The van der Waals surface area contributed by atoms with Crippen molar-refractivity contribution in [1.29, 1.82) is 5.41 Å². The maximum Gasteiger partial charge on any atom is 0.176 e. The maximum absolute atomic E-state index is 12.4. The van der Waals surface area contributed by atoms with Gasteiger partial charge in [0.1, 0.15) is 5.84 Å². The molecule has 0 aromatic heterocycles. The number of ketones is 1. The summed E-state index contributed by atoms with van der Waals surface area (Å²) < 4.78 is 0. The van der Waals surface area contributed by atoms with E-state index in [1.807, 2.05) is 54.6 Å². The number of aliphatic hydroxyl groups excluding tert-OH is 1. The fourth-order valence-corrected chi connectivity index (χ4v) is 3.01. The highest BCUT2D eigenvalue weighted by molar-refractivity contribution is 5.98. The fraction of sp³-hybridized carbons (Fsp3) is 0.167. The normalized spacial score (nSPS) is 11.6. The van der Waals surface area contributed by atoms with Crippen molar-refractivity contribution < 1.29 is 9.90 Å². The minimum absolute atomic E-state index is 0.0187. The Hall–Kier alpha value is -3.48. The minimum Gasteiger partial charge on any atom is -0.390 e. The Bertz CT molecular complexity index is 970. The number of benzene rings is 3. The second-order valence-corrected chi connectivity index (χ2v) is 7.02. The van der Waals surface area contributed by atoms with Gasteiger partial charge in [-0.3, -0.25) is 10.2 Å². The summed E-state index contributed by atoms with van der Waals surface area (Å²) >= 11 is 0. The smallest absolute Gasteiger partial charge is 0.176 e. The molecule has 6 N–H and O–H groups in total. The van der Waals surface area contributed by atoms with Crippen LogP contribution in [-0.2, 0) is 0 Å². The third-order valence-corrected chi connectivity index (χ3v) is 4.72. The van der Waals surface area contributed by atoms with E-state index in [4.69, 9.17) is 11.1 Å². The van der Waals surface area contributed by atoms with Crippen LogP contribution in [0, 0.1) is 5.41 Å². The summed E-state index contributed by atoms with van der Waals surface area (Å²) in [5.74, 6) is -0.000232. The summed E-state index contributed by atoms with van der Waals surface area (Å²) in [6.45, 7) is 0.799. The fourth-order valence-electron chi connectivity index (χ4n) is 3.01. The zero-order valence-corrected chi connectivity index (χ0v) is 16.6. The molecule has 0 spiro atoms. The molecule has 30 heavy (non-hydrogen) atoms. The van der Waals surface area contributed by atoms with Crippen molar-refractivity contribution in [2.24, 2.45) is 5.73 Å². The molecular weight excluding hydrogens is 376 g/mol. The number of amidine groups is 1. The summed E-state index contributed by atoms with van der Waals surface area (Å²) in [6.07, 6.45) is -0.647. The van der Waals surface area contributed by atoms with Crippen molar-refractivity contribution >= 4 is 17.3 Å². The molecule has 1 atom stereocenters. The van der Waals surface area contributed by atoms with Crippen molar-refractivity contribution in [3.05, 3.63) is 90.0 Å². The molecule has 0 fully saturated rings.